The van der Waals surface area contributed by atoms with E-state index in [0.717, 1.165) is 0 Å². The normalized spacial score (nSPS) is 24.4. The maximum Gasteiger partial charge on any atom is 0.243 e. The van der Waals surface area contributed by atoms with Crippen LogP contribution in [0.3, 0.4) is 0 Å². The van der Waals surface area contributed by atoms with Crippen molar-refractivity contribution in [3.8, 4) is 5.75 Å². The Morgan fingerprint density at radius 3 is 2.46 bits per heavy atom. The molecule has 2 aromatic carbocycles. The second-order valence-electron chi connectivity index (χ2n) is 6.50. The highest BCUT2D eigenvalue weighted by Crippen LogP contribution is 2.30. The van der Waals surface area contributed by atoms with E-state index in [1.807, 2.05) is 0 Å². The number of aliphatic hydroxyl groups is 1. The molecule has 1 N–H and O–H groups in total. The third kappa shape index (κ3) is 4.15. The lowest BCUT2D eigenvalue weighted by molar-refractivity contribution is -0.0814. The van der Waals surface area contributed by atoms with E-state index in [1.54, 1.807) is 31.2 Å². The fourth-order valence-corrected chi connectivity index (χ4v) is 4.82. The Bertz CT molecular complexity index is 884. The van der Waals surface area contributed by atoms with E-state index in [9.17, 15) is 13.5 Å². The summed E-state index contributed by atoms with van der Waals surface area (Å²) in [5.74, 6) is 0.539. The standard InChI is InChI=1S/C18H19Cl2NO4S/c1-18(22)12-21(26(23,24)16-7-5-13(19)6-8-16)10-9-17(18)25-15-4-2-3-14(20)11-15/h2-8,11,17,22H,9-10,12H2,1H3/t17-,18-/m0/s1. The zero-order valence-corrected chi connectivity index (χ0v) is 16.4. The molecule has 8 heteroatoms. The van der Waals surface area contributed by atoms with Gasteiger partial charge in [-0.15, -0.1) is 0 Å². The Kier molecular flexibility index (Phi) is 5.51. The van der Waals surface area contributed by atoms with Crippen LogP contribution < -0.4 is 4.74 Å². The Morgan fingerprint density at radius 2 is 1.85 bits per heavy atom. The van der Waals surface area contributed by atoms with Crippen molar-refractivity contribution >= 4 is 33.2 Å². The van der Waals surface area contributed by atoms with Crippen molar-refractivity contribution in [3.05, 3.63) is 58.6 Å². The molecule has 0 spiro atoms. The van der Waals surface area contributed by atoms with Crippen LogP contribution in [0.5, 0.6) is 5.75 Å². The first-order valence-corrected chi connectivity index (χ1v) is 10.3. The summed E-state index contributed by atoms with van der Waals surface area (Å²) in [6, 6.07) is 12.9. The van der Waals surface area contributed by atoms with Crippen molar-refractivity contribution in [2.24, 2.45) is 0 Å². The number of rotatable bonds is 4. The van der Waals surface area contributed by atoms with Crippen molar-refractivity contribution in [2.45, 2.75) is 29.9 Å². The summed E-state index contributed by atoms with van der Waals surface area (Å²) in [7, 11) is -3.71. The molecular formula is C18H19Cl2NO4S. The van der Waals surface area contributed by atoms with Crippen molar-refractivity contribution in [3.63, 3.8) is 0 Å². The van der Waals surface area contributed by atoms with E-state index in [-0.39, 0.29) is 18.0 Å². The minimum Gasteiger partial charge on any atom is -0.487 e. The van der Waals surface area contributed by atoms with Crippen LogP contribution in [-0.2, 0) is 10.0 Å². The van der Waals surface area contributed by atoms with Crippen molar-refractivity contribution in [1.29, 1.82) is 0 Å². The SMILES string of the molecule is C[C@]1(O)CN(S(=O)(=O)c2ccc(Cl)cc2)CC[C@@H]1Oc1cccc(Cl)c1. The fraction of sp³-hybridized carbons (Fsp3) is 0.333. The first-order valence-electron chi connectivity index (χ1n) is 8.09. The Hall–Kier alpha value is -1.31. The van der Waals surface area contributed by atoms with Crippen molar-refractivity contribution < 1.29 is 18.3 Å². The monoisotopic (exact) mass is 415 g/mol. The van der Waals surface area contributed by atoms with E-state index in [2.05, 4.69) is 0 Å². The van der Waals surface area contributed by atoms with Gasteiger partial charge in [0.25, 0.3) is 0 Å². The van der Waals surface area contributed by atoms with Gasteiger partial charge in [-0.3, -0.25) is 0 Å². The molecule has 0 bridgehead atoms. The summed E-state index contributed by atoms with van der Waals surface area (Å²) in [5, 5.41) is 11.8. The molecule has 1 aliphatic heterocycles. The fourth-order valence-electron chi connectivity index (χ4n) is 2.96. The molecule has 0 unspecified atom stereocenters. The summed E-state index contributed by atoms with van der Waals surface area (Å²) in [5.41, 5.74) is -1.35. The van der Waals surface area contributed by atoms with Gasteiger partial charge in [0.2, 0.25) is 10.0 Å². The summed E-state index contributed by atoms with van der Waals surface area (Å²) in [4.78, 5) is 0.145. The molecule has 0 amide bonds. The maximum atomic E-state index is 12.8. The molecular weight excluding hydrogens is 397 g/mol. The first-order chi connectivity index (χ1) is 12.2. The summed E-state index contributed by atoms with van der Waals surface area (Å²) >= 11 is 11.8. The van der Waals surface area contributed by atoms with Crippen LogP contribution in [0, 0.1) is 0 Å². The highest BCUT2D eigenvalue weighted by Gasteiger charge is 2.43. The van der Waals surface area contributed by atoms with Gasteiger partial charge in [0.1, 0.15) is 17.5 Å². The topological polar surface area (TPSA) is 66.8 Å². The molecule has 5 nitrogen and oxygen atoms in total. The van der Waals surface area contributed by atoms with E-state index in [0.29, 0.717) is 22.2 Å². The Labute approximate surface area is 163 Å². The van der Waals surface area contributed by atoms with E-state index in [4.69, 9.17) is 27.9 Å². The molecule has 26 heavy (non-hydrogen) atoms. The van der Waals surface area contributed by atoms with Gasteiger partial charge in [-0.25, -0.2) is 8.42 Å². The maximum absolute atomic E-state index is 12.8. The van der Waals surface area contributed by atoms with Gasteiger partial charge in [-0.2, -0.15) is 4.31 Å². The molecule has 1 saturated heterocycles. The van der Waals surface area contributed by atoms with Crippen LogP contribution in [-0.4, -0.2) is 42.6 Å². The Balaban J connectivity index is 1.76. The molecule has 140 valence electrons. The largest absolute Gasteiger partial charge is 0.487 e. The molecule has 2 atom stereocenters. The average Bonchev–Trinajstić information content (AvgIpc) is 2.57. The number of piperidine rings is 1. The van der Waals surface area contributed by atoms with Crippen LogP contribution in [0.2, 0.25) is 10.0 Å². The molecule has 3 rings (SSSR count). The molecule has 2 aromatic rings. The van der Waals surface area contributed by atoms with Gasteiger partial charge < -0.3 is 9.84 Å². The quantitative estimate of drug-likeness (QED) is 0.828. The highest BCUT2D eigenvalue weighted by atomic mass is 35.5. The van der Waals surface area contributed by atoms with Crippen molar-refractivity contribution in [1.82, 2.24) is 4.31 Å². The molecule has 1 heterocycles. The number of hydrogen-bond donors (Lipinski definition) is 1. The number of halogens is 2. The van der Waals surface area contributed by atoms with E-state index < -0.39 is 21.7 Å². The lowest BCUT2D eigenvalue weighted by atomic mass is 9.93. The zero-order valence-electron chi connectivity index (χ0n) is 14.1. The minimum absolute atomic E-state index is 0.0663. The summed E-state index contributed by atoms with van der Waals surface area (Å²) < 4.78 is 32.8. The van der Waals surface area contributed by atoms with Crippen LogP contribution in [0.4, 0.5) is 0 Å². The minimum atomic E-state index is -3.71. The highest BCUT2D eigenvalue weighted by molar-refractivity contribution is 7.89. The first kappa shape index (κ1) is 19.5. The molecule has 1 fully saturated rings. The third-order valence-electron chi connectivity index (χ3n) is 4.36. The molecule has 0 saturated carbocycles. The molecule has 0 radical (unpaired) electrons. The van der Waals surface area contributed by atoms with Crippen LogP contribution >= 0.6 is 23.2 Å². The van der Waals surface area contributed by atoms with E-state index in [1.165, 1.54) is 28.6 Å². The van der Waals surface area contributed by atoms with Gasteiger partial charge in [-0.05, 0) is 49.4 Å². The molecule has 0 aromatic heterocycles. The average molecular weight is 416 g/mol. The number of nitrogens with zero attached hydrogens (tertiary/aromatic N) is 1. The number of hydrogen-bond acceptors (Lipinski definition) is 4. The van der Waals surface area contributed by atoms with Crippen molar-refractivity contribution in [2.75, 3.05) is 13.1 Å². The van der Waals surface area contributed by atoms with Crippen LogP contribution in [0.1, 0.15) is 13.3 Å². The number of ether oxygens (including phenoxy) is 1. The van der Waals surface area contributed by atoms with E-state index >= 15 is 0 Å². The predicted molar refractivity (Wildman–Crippen MR) is 101 cm³/mol. The zero-order chi connectivity index (χ0) is 18.9. The van der Waals surface area contributed by atoms with Crippen LogP contribution in [0.25, 0.3) is 0 Å². The van der Waals surface area contributed by atoms with Crippen LogP contribution in [0.15, 0.2) is 53.4 Å². The number of benzene rings is 2. The van der Waals surface area contributed by atoms with Gasteiger partial charge in [0.15, 0.2) is 0 Å². The number of sulfonamides is 1. The lowest BCUT2D eigenvalue weighted by Crippen LogP contribution is -2.58. The Morgan fingerprint density at radius 1 is 1.15 bits per heavy atom. The van der Waals surface area contributed by atoms with Gasteiger partial charge in [-0.1, -0.05) is 29.3 Å². The van der Waals surface area contributed by atoms with Gasteiger partial charge in [0, 0.05) is 29.6 Å². The smallest absolute Gasteiger partial charge is 0.243 e. The summed E-state index contributed by atoms with van der Waals surface area (Å²) in [6.45, 7) is 1.75. The second kappa shape index (κ2) is 7.37. The predicted octanol–water partition coefficient (Wildman–Crippen LogP) is 3.59. The van der Waals surface area contributed by atoms with Gasteiger partial charge in [0.05, 0.1) is 4.90 Å². The second-order valence-corrected chi connectivity index (χ2v) is 9.31. The molecule has 0 aliphatic carbocycles. The summed E-state index contributed by atoms with van der Waals surface area (Å²) in [6.07, 6.45) is -0.190. The molecule has 1 aliphatic rings. The number of β-amino-alcohol motifs (C(OH)–C–C–N with tert-alkyl or cyclic N) is 1. The van der Waals surface area contributed by atoms with Gasteiger partial charge >= 0.3 is 0 Å². The lowest BCUT2D eigenvalue weighted by Gasteiger charge is -2.41. The third-order valence-corrected chi connectivity index (χ3v) is 6.70.